The van der Waals surface area contributed by atoms with Crippen molar-refractivity contribution in [1.82, 2.24) is 0 Å². The number of rotatable bonds is 10. The lowest BCUT2D eigenvalue weighted by Gasteiger charge is -2.15. The number of halogens is 1. The second-order valence-corrected chi connectivity index (χ2v) is 6.13. The molecule has 0 amide bonds. The number of hydrogen-bond donors (Lipinski definition) is 3. The highest BCUT2D eigenvalue weighted by Crippen LogP contribution is 2.27. The Labute approximate surface area is 152 Å². The summed E-state index contributed by atoms with van der Waals surface area (Å²) >= 11 is 0. The van der Waals surface area contributed by atoms with Gasteiger partial charge in [-0.15, -0.1) is 0 Å². The van der Waals surface area contributed by atoms with Gasteiger partial charge in [-0.05, 0) is 35.4 Å². The summed E-state index contributed by atoms with van der Waals surface area (Å²) in [5.41, 5.74) is 2.19. The lowest BCUT2D eigenvalue weighted by Crippen LogP contribution is -2.21. The van der Waals surface area contributed by atoms with Crippen molar-refractivity contribution >= 4 is 0 Å². The number of benzene rings is 2. The first-order valence-corrected chi connectivity index (χ1v) is 8.52. The average molecular weight is 364 g/mol. The molecular formula is C20H25FO5. The van der Waals surface area contributed by atoms with Crippen LogP contribution in [0.3, 0.4) is 0 Å². The minimum absolute atomic E-state index is 0.0456. The number of hydrogen-bond acceptors (Lipinski definition) is 5. The summed E-state index contributed by atoms with van der Waals surface area (Å²) in [7, 11) is 0. The quantitative estimate of drug-likeness (QED) is 0.603. The molecule has 5 nitrogen and oxygen atoms in total. The fourth-order valence-electron chi connectivity index (χ4n) is 2.38. The first kappa shape index (κ1) is 20.2. The normalized spacial score (nSPS) is 14.5. The van der Waals surface area contributed by atoms with Crippen LogP contribution in [0, 0.1) is 0 Å². The van der Waals surface area contributed by atoms with E-state index in [2.05, 4.69) is 6.92 Å². The molecule has 0 aliphatic rings. The molecule has 0 saturated heterocycles. The lowest BCUT2D eigenvalue weighted by molar-refractivity contribution is 0.0536. The molecule has 26 heavy (non-hydrogen) atoms. The van der Waals surface area contributed by atoms with Gasteiger partial charge in [0, 0.05) is 5.92 Å². The van der Waals surface area contributed by atoms with Gasteiger partial charge in [-0.3, -0.25) is 0 Å². The molecule has 3 unspecified atom stereocenters. The van der Waals surface area contributed by atoms with E-state index in [1.165, 1.54) is 0 Å². The van der Waals surface area contributed by atoms with E-state index in [-0.39, 0.29) is 25.7 Å². The molecule has 142 valence electrons. The lowest BCUT2D eigenvalue weighted by atomic mass is 9.93. The third-order valence-corrected chi connectivity index (χ3v) is 4.03. The van der Waals surface area contributed by atoms with Crippen molar-refractivity contribution in [3.8, 4) is 11.5 Å². The molecule has 0 radical (unpaired) electrons. The smallest absolute Gasteiger partial charge is 0.119 e. The molecule has 0 saturated carbocycles. The van der Waals surface area contributed by atoms with Gasteiger partial charge in [0.15, 0.2) is 0 Å². The van der Waals surface area contributed by atoms with Crippen LogP contribution in [0.25, 0.3) is 0 Å². The van der Waals surface area contributed by atoms with E-state index in [1.807, 2.05) is 36.4 Å². The van der Waals surface area contributed by atoms with E-state index in [1.54, 1.807) is 12.1 Å². The SMILES string of the molecule is CC(c1ccc(OCC(O)CO)cc1)c1ccc(OCC(O)CF)cc1. The van der Waals surface area contributed by atoms with Crippen LogP contribution < -0.4 is 9.47 Å². The van der Waals surface area contributed by atoms with Crippen molar-refractivity contribution in [2.24, 2.45) is 0 Å². The zero-order valence-corrected chi connectivity index (χ0v) is 14.7. The summed E-state index contributed by atoms with van der Waals surface area (Å²) < 4.78 is 22.9. The van der Waals surface area contributed by atoms with Gasteiger partial charge in [0.2, 0.25) is 0 Å². The molecule has 2 aromatic carbocycles. The number of alkyl halides is 1. The molecular weight excluding hydrogens is 339 g/mol. The number of aliphatic hydroxyl groups excluding tert-OH is 3. The zero-order chi connectivity index (χ0) is 18.9. The van der Waals surface area contributed by atoms with Gasteiger partial charge in [0.1, 0.15) is 43.6 Å². The summed E-state index contributed by atoms with van der Waals surface area (Å²) in [5, 5.41) is 27.3. The first-order chi connectivity index (χ1) is 12.5. The van der Waals surface area contributed by atoms with E-state index >= 15 is 0 Å². The topological polar surface area (TPSA) is 79.2 Å². The van der Waals surface area contributed by atoms with Crippen LogP contribution >= 0.6 is 0 Å². The summed E-state index contributed by atoms with van der Waals surface area (Å²) in [6.45, 7) is 0.894. The van der Waals surface area contributed by atoms with E-state index in [0.29, 0.717) is 11.5 Å². The molecule has 3 atom stereocenters. The number of aliphatic hydroxyl groups is 3. The molecule has 0 bridgehead atoms. The zero-order valence-electron chi connectivity index (χ0n) is 14.7. The van der Waals surface area contributed by atoms with Gasteiger partial charge >= 0.3 is 0 Å². The van der Waals surface area contributed by atoms with Gasteiger partial charge in [-0.2, -0.15) is 0 Å². The fourth-order valence-corrected chi connectivity index (χ4v) is 2.38. The predicted molar refractivity (Wildman–Crippen MR) is 96.5 cm³/mol. The predicted octanol–water partition coefficient (Wildman–Crippen LogP) is 2.28. The van der Waals surface area contributed by atoms with Crippen LogP contribution in [0.1, 0.15) is 24.0 Å². The molecule has 0 heterocycles. The maximum absolute atomic E-state index is 12.2. The average Bonchev–Trinajstić information content (AvgIpc) is 2.70. The molecule has 0 fully saturated rings. The van der Waals surface area contributed by atoms with Crippen LogP contribution in [-0.4, -0.2) is 54.0 Å². The maximum Gasteiger partial charge on any atom is 0.119 e. The molecule has 0 spiro atoms. The van der Waals surface area contributed by atoms with E-state index < -0.39 is 18.9 Å². The minimum Gasteiger partial charge on any atom is -0.491 e. The van der Waals surface area contributed by atoms with Crippen molar-refractivity contribution in [3.05, 3.63) is 59.7 Å². The van der Waals surface area contributed by atoms with E-state index in [4.69, 9.17) is 14.6 Å². The number of ether oxygens (including phenoxy) is 2. The van der Waals surface area contributed by atoms with Crippen LogP contribution in [0.2, 0.25) is 0 Å². The van der Waals surface area contributed by atoms with Gasteiger partial charge in [0.05, 0.1) is 6.61 Å². The highest BCUT2D eigenvalue weighted by atomic mass is 19.1. The molecule has 0 aliphatic carbocycles. The second-order valence-electron chi connectivity index (χ2n) is 6.13. The minimum atomic E-state index is -1.10. The molecule has 2 rings (SSSR count). The van der Waals surface area contributed by atoms with Crippen LogP contribution in [0.4, 0.5) is 4.39 Å². The van der Waals surface area contributed by atoms with Crippen LogP contribution in [0.15, 0.2) is 48.5 Å². The Morgan fingerprint density at radius 3 is 1.62 bits per heavy atom. The second kappa shape index (κ2) is 10.1. The maximum atomic E-state index is 12.2. The van der Waals surface area contributed by atoms with Crippen molar-refractivity contribution in [2.75, 3.05) is 26.5 Å². The van der Waals surface area contributed by atoms with Crippen LogP contribution in [0.5, 0.6) is 11.5 Å². The Morgan fingerprint density at radius 1 is 0.808 bits per heavy atom. The third-order valence-electron chi connectivity index (χ3n) is 4.03. The largest absolute Gasteiger partial charge is 0.491 e. The first-order valence-electron chi connectivity index (χ1n) is 8.52. The van der Waals surface area contributed by atoms with Gasteiger partial charge in [-0.25, -0.2) is 4.39 Å². The highest BCUT2D eigenvalue weighted by Gasteiger charge is 2.10. The Hall–Kier alpha value is -2.15. The summed E-state index contributed by atoms with van der Waals surface area (Å²) in [6.07, 6.45) is -1.99. The van der Waals surface area contributed by atoms with Crippen molar-refractivity contribution in [3.63, 3.8) is 0 Å². The van der Waals surface area contributed by atoms with E-state index in [9.17, 15) is 14.6 Å². The van der Waals surface area contributed by atoms with Crippen LogP contribution in [-0.2, 0) is 0 Å². The Kier molecular flexibility index (Phi) is 7.84. The molecule has 6 heteroatoms. The summed E-state index contributed by atoms with van der Waals surface area (Å²) in [4.78, 5) is 0. The van der Waals surface area contributed by atoms with Crippen molar-refractivity contribution in [1.29, 1.82) is 0 Å². The fraction of sp³-hybridized carbons (Fsp3) is 0.400. The molecule has 2 aromatic rings. The Balaban J connectivity index is 1.94. The Morgan fingerprint density at radius 2 is 1.23 bits per heavy atom. The van der Waals surface area contributed by atoms with Crippen molar-refractivity contribution in [2.45, 2.75) is 25.0 Å². The van der Waals surface area contributed by atoms with Gasteiger partial charge in [0.25, 0.3) is 0 Å². The highest BCUT2D eigenvalue weighted by molar-refractivity contribution is 5.37. The van der Waals surface area contributed by atoms with Crippen molar-refractivity contribution < 1.29 is 29.2 Å². The van der Waals surface area contributed by atoms with Gasteiger partial charge in [-0.1, -0.05) is 31.2 Å². The monoisotopic (exact) mass is 364 g/mol. The summed E-state index contributed by atoms with van der Waals surface area (Å²) in [5.74, 6) is 1.36. The standard InChI is InChI=1S/C20H25FO5/c1-14(15-2-6-19(7-3-15)25-12-17(23)10-21)16-4-8-20(9-5-16)26-13-18(24)11-22/h2-9,14,17-18,22-24H,10-13H2,1H3. The third kappa shape index (κ3) is 5.98. The molecule has 0 aliphatic heterocycles. The summed E-state index contributed by atoms with van der Waals surface area (Å²) in [6, 6.07) is 15.0. The van der Waals surface area contributed by atoms with Gasteiger partial charge < -0.3 is 24.8 Å². The van der Waals surface area contributed by atoms with E-state index in [0.717, 1.165) is 11.1 Å². The Bertz CT molecular complexity index is 587. The molecule has 3 N–H and O–H groups in total. The molecule has 0 aromatic heterocycles.